The number of carbonyl (C=O) groups excluding carboxylic acids is 1. The van der Waals surface area contributed by atoms with Gasteiger partial charge in [-0.25, -0.2) is 4.39 Å². The summed E-state index contributed by atoms with van der Waals surface area (Å²) in [6.07, 6.45) is 2.27. The zero-order chi connectivity index (χ0) is 21.7. The molecule has 0 saturated carbocycles. The minimum absolute atomic E-state index is 0.289. The van der Waals surface area contributed by atoms with Gasteiger partial charge in [0.25, 0.3) is 0 Å². The van der Waals surface area contributed by atoms with Gasteiger partial charge in [0.15, 0.2) is 0 Å². The number of halogens is 2. The van der Waals surface area contributed by atoms with Crippen LogP contribution in [0.5, 0.6) is 0 Å². The summed E-state index contributed by atoms with van der Waals surface area (Å²) < 4.78 is 24.5. The van der Waals surface area contributed by atoms with Gasteiger partial charge in [-0.3, -0.25) is 4.79 Å². The Bertz CT molecular complexity index is 1310. The molecule has 0 radical (unpaired) electrons. The van der Waals surface area contributed by atoms with Crippen LogP contribution in [0.15, 0.2) is 64.5 Å². The molecule has 31 heavy (non-hydrogen) atoms. The van der Waals surface area contributed by atoms with E-state index < -0.39 is 0 Å². The van der Waals surface area contributed by atoms with Crippen LogP contribution in [0.3, 0.4) is 0 Å². The fraction of sp³-hybridized carbons (Fsp3) is 0.208. The zero-order valence-corrected chi connectivity index (χ0v) is 18.6. The summed E-state index contributed by atoms with van der Waals surface area (Å²) >= 11 is 7.66. The average molecular weight is 455 g/mol. The van der Waals surface area contributed by atoms with E-state index in [0.717, 1.165) is 37.6 Å². The van der Waals surface area contributed by atoms with Crippen molar-refractivity contribution in [3.8, 4) is 11.3 Å². The largest absolute Gasteiger partial charge is 0.456 e. The van der Waals surface area contributed by atoms with Gasteiger partial charge in [-0.15, -0.1) is 0 Å². The molecule has 0 bridgehead atoms. The lowest BCUT2D eigenvalue weighted by atomic mass is 10.1. The van der Waals surface area contributed by atoms with Crippen LogP contribution in [0, 0.1) is 5.82 Å². The van der Waals surface area contributed by atoms with Gasteiger partial charge in [-0.1, -0.05) is 23.4 Å². The Morgan fingerprint density at radius 3 is 2.68 bits per heavy atom. The number of esters is 1. The number of aromatic nitrogens is 2. The average Bonchev–Trinajstić information content (AvgIpc) is 3.40. The first-order valence-corrected chi connectivity index (χ1v) is 11.2. The lowest BCUT2D eigenvalue weighted by Gasteiger charge is -2.14. The van der Waals surface area contributed by atoms with Crippen molar-refractivity contribution < 1.29 is 13.9 Å². The Morgan fingerprint density at radius 1 is 1.23 bits per heavy atom. The Morgan fingerprint density at radius 2 is 2.00 bits per heavy atom. The van der Waals surface area contributed by atoms with E-state index in [1.54, 1.807) is 23.9 Å². The van der Waals surface area contributed by atoms with Crippen molar-refractivity contribution >= 4 is 40.2 Å². The molecule has 0 N–H and O–H groups in total. The fourth-order valence-electron chi connectivity index (χ4n) is 4.35. The molecule has 4 nitrogen and oxygen atoms in total. The van der Waals surface area contributed by atoms with Crippen LogP contribution in [-0.4, -0.2) is 15.1 Å². The molecule has 7 heteroatoms. The number of ether oxygens (including phenoxy) is 1. The Balaban J connectivity index is 1.79. The molecular formula is C24H20ClFN2O2S. The number of benzene rings is 2. The summed E-state index contributed by atoms with van der Waals surface area (Å²) in [7, 11) is 1.95. The smallest absolute Gasteiger partial charge is 0.303 e. The van der Waals surface area contributed by atoms with Crippen LogP contribution in [0.4, 0.5) is 4.39 Å². The molecule has 3 heterocycles. The van der Waals surface area contributed by atoms with Gasteiger partial charge in [0, 0.05) is 64.6 Å². The molecule has 0 aliphatic carbocycles. The monoisotopic (exact) mass is 454 g/mol. The van der Waals surface area contributed by atoms with Gasteiger partial charge >= 0.3 is 5.97 Å². The maximum Gasteiger partial charge on any atom is 0.303 e. The highest BCUT2D eigenvalue weighted by Gasteiger charge is 2.33. The van der Waals surface area contributed by atoms with Crippen molar-refractivity contribution in [2.45, 2.75) is 35.8 Å². The van der Waals surface area contributed by atoms with Gasteiger partial charge in [0.1, 0.15) is 11.9 Å². The van der Waals surface area contributed by atoms with E-state index in [4.69, 9.17) is 16.3 Å². The molecule has 0 amide bonds. The number of carbonyl (C=O) groups is 1. The molecule has 0 spiro atoms. The van der Waals surface area contributed by atoms with Crippen LogP contribution < -0.4 is 0 Å². The van der Waals surface area contributed by atoms with E-state index in [2.05, 4.69) is 4.57 Å². The SMILES string of the molecule is CC(=O)O[C@@H]1CCn2c1c(Sc1ccc(Cl)cc1)c1c(-c3cccn3C)cc(F)cc12. The topological polar surface area (TPSA) is 36.2 Å². The van der Waals surface area contributed by atoms with Crippen molar-refractivity contribution in [3.05, 3.63) is 71.3 Å². The molecule has 4 aromatic rings. The number of fused-ring (bicyclic) bond motifs is 3. The summed E-state index contributed by atoms with van der Waals surface area (Å²) in [6.45, 7) is 2.09. The maximum absolute atomic E-state index is 14.7. The van der Waals surface area contributed by atoms with Crippen LogP contribution >= 0.6 is 23.4 Å². The Kier molecular flexibility index (Phi) is 5.07. The molecular weight excluding hydrogens is 435 g/mol. The minimum Gasteiger partial charge on any atom is -0.456 e. The van der Waals surface area contributed by atoms with E-state index >= 15 is 0 Å². The number of hydrogen-bond donors (Lipinski definition) is 0. The van der Waals surface area contributed by atoms with Gasteiger partial charge in [-0.2, -0.15) is 0 Å². The second kappa shape index (κ2) is 7.77. The minimum atomic E-state index is -0.357. The molecule has 0 saturated heterocycles. The van der Waals surface area contributed by atoms with Crippen LogP contribution in [0.25, 0.3) is 22.2 Å². The molecule has 2 aromatic carbocycles. The van der Waals surface area contributed by atoms with Crippen LogP contribution in [0.2, 0.25) is 5.02 Å². The molecule has 0 unspecified atom stereocenters. The lowest BCUT2D eigenvalue weighted by Crippen LogP contribution is -2.06. The highest BCUT2D eigenvalue weighted by molar-refractivity contribution is 7.99. The predicted molar refractivity (Wildman–Crippen MR) is 121 cm³/mol. The third-order valence-corrected chi connectivity index (χ3v) is 6.98. The second-order valence-electron chi connectivity index (χ2n) is 7.66. The number of rotatable bonds is 4. The first-order chi connectivity index (χ1) is 14.9. The van der Waals surface area contributed by atoms with Gasteiger partial charge in [0.05, 0.1) is 11.2 Å². The normalized spacial score (nSPS) is 15.4. The predicted octanol–water partition coefficient (Wildman–Crippen LogP) is 6.60. The van der Waals surface area contributed by atoms with Gasteiger partial charge in [0.2, 0.25) is 0 Å². The van der Waals surface area contributed by atoms with Crippen molar-refractivity contribution in [3.63, 3.8) is 0 Å². The number of hydrogen-bond acceptors (Lipinski definition) is 3. The molecule has 5 rings (SSSR count). The van der Waals surface area contributed by atoms with Crippen LogP contribution in [-0.2, 0) is 23.1 Å². The Labute approximate surface area is 188 Å². The van der Waals surface area contributed by atoms with E-state index in [0.29, 0.717) is 18.0 Å². The first-order valence-electron chi connectivity index (χ1n) is 10.0. The lowest BCUT2D eigenvalue weighted by molar-refractivity contribution is -0.146. The zero-order valence-electron chi connectivity index (χ0n) is 17.1. The summed E-state index contributed by atoms with van der Waals surface area (Å²) in [4.78, 5) is 13.8. The molecule has 1 aliphatic rings. The van der Waals surface area contributed by atoms with Gasteiger partial charge in [-0.05, 0) is 48.5 Å². The van der Waals surface area contributed by atoms with E-state index in [1.807, 2.05) is 54.2 Å². The molecule has 1 aliphatic heterocycles. The quantitative estimate of drug-likeness (QED) is 0.326. The summed E-state index contributed by atoms with van der Waals surface area (Å²) in [5.74, 6) is -0.608. The number of nitrogens with zero attached hydrogens (tertiary/aromatic N) is 2. The second-order valence-corrected chi connectivity index (χ2v) is 9.18. The van der Waals surface area contributed by atoms with E-state index in [-0.39, 0.29) is 17.9 Å². The molecule has 158 valence electrons. The van der Waals surface area contributed by atoms with Crippen LogP contribution in [0.1, 0.15) is 25.1 Å². The summed E-state index contributed by atoms with van der Waals surface area (Å²) in [5, 5.41) is 1.63. The third-order valence-electron chi connectivity index (χ3n) is 5.60. The standard InChI is InChI=1S/C24H20ClFN2O2S/c1-14(29)30-21-9-11-28-20-13-16(26)12-18(19-4-3-10-27(19)2)22(20)24(23(21)28)31-17-7-5-15(25)6-8-17/h3-8,10,12-13,21H,9,11H2,1-2H3/t21-/m1/s1. The van der Waals surface area contributed by atoms with Crippen molar-refractivity contribution in [1.29, 1.82) is 0 Å². The number of aryl methyl sites for hydroxylation is 2. The Hall–Kier alpha value is -2.70. The highest BCUT2D eigenvalue weighted by atomic mass is 35.5. The summed E-state index contributed by atoms with van der Waals surface area (Å²) in [5.41, 5.74) is 3.49. The maximum atomic E-state index is 14.7. The third kappa shape index (κ3) is 3.54. The van der Waals surface area contributed by atoms with E-state index in [9.17, 15) is 9.18 Å². The van der Waals surface area contributed by atoms with Crippen molar-refractivity contribution in [2.75, 3.05) is 0 Å². The summed E-state index contributed by atoms with van der Waals surface area (Å²) in [6, 6.07) is 14.7. The first kappa shape index (κ1) is 20.2. The highest BCUT2D eigenvalue weighted by Crippen LogP contribution is 2.49. The van der Waals surface area contributed by atoms with E-state index in [1.165, 1.54) is 6.92 Å². The molecule has 0 fully saturated rings. The fourth-order valence-corrected chi connectivity index (χ4v) is 5.65. The van der Waals surface area contributed by atoms with Crippen molar-refractivity contribution in [2.24, 2.45) is 7.05 Å². The molecule has 2 aromatic heterocycles. The van der Waals surface area contributed by atoms with Gasteiger partial charge < -0.3 is 13.9 Å². The molecule has 1 atom stereocenters. The van der Waals surface area contributed by atoms with Crippen molar-refractivity contribution in [1.82, 2.24) is 9.13 Å².